The van der Waals surface area contributed by atoms with E-state index in [0.29, 0.717) is 11.9 Å². The summed E-state index contributed by atoms with van der Waals surface area (Å²) in [4.78, 5) is 0. The van der Waals surface area contributed by atoms with Crippen LogP contribution in [0, 0.1) is 5.82 Å². The first kappa shape index (κ1) is 15.3. The van der Waals surface area contributed by atoms with Crippen LogP contribution in [0.3, 0.4) is 0 Å². The average molecular weight is 281 g/mol. The number of hydrogen-bond donors (Lipinski definition) is 1. The van der Waals surface area contributed by atoms with Crippen LogP contribution in [0.4, 0.5) is 4.39 Å². The van der Waals surface area contributed by atoms with Gasteiger partial charge in [0.25, 0.3) is 0 Å². The van der Waals surface area contributed by atoms with Gasteiger partial charge in [0.15, 0.2) is 11.6 Å². The Hall–Kier alpha value is -1.13. The molecule has 0 amide bonds. The molecule has 0 bridgehead atoms. The van der Waals surface area contributed by atoms with Gasteiger partial charge in [0, 0.05) is 12.6 Å². The first-order valence-electron chi connectivity index (χ1n) is 7.43. The minimum absolute atomic E-state index is 0.221. The summed E-state index contributed by atoms with van der Waals surface area (Å²) in [7, 11) is 1.50. The maximum atomic E-state index is 13.5. The van der Waals surface area contributed by atoms with E-state index in [4.69, 9.17) is 9.47 Å². The van der Waals surface area contributed by atoms with Gasteiger partial charge in [-0.3, -0.25) is 0 Å². The number of halogens is 1. The smallest absolute Gasteiger partial charge is 0.165 e. The highest BCUT2D eigenvalue weighted by Crippen LogP contribution is 2.27. The summed E-state index contributed by atoms with van der Waals surface area (Å²) < 4.78 is 24.2. The number of ether oxygens (including phenoxy) is 2. The molecule has 112 valence electrons. The molecule has 20 heavy (non-hydrogen) atoms. The lowest BCUT2D eigenvalue weighted by Crippen LogP contribution is -2.22. The molecule has 1 N–H and O–H groups in total. The summed E-state index contributed by atoms with van der Waals surface area (Å²) in [6.45, 7) is 3.86. The molecule has 2 rings (SSSR count). The Bertz CT molecular complexity index is 419. The van der Waals surface area contributed by atoms with Crippen LogP contribution in [-0.4, -0.2) is 26.4 Å². The van der Waals surface area contributed by atoms with Gasteiger partial charge in [-0.15, -0.1) is 0 Å². The second-order valence-electron chi connectivity index (χ2n) is 5.22. The number of methoxy groups -OCH3 is 1. The first-order valence-corrected chi connectivity index (χ1v) is 7.43. The van der Waals surface area contributed by atoms with Crippen LogP contribution in [0.1, 0.15) is 44.2 Å². The predicted octanol–water partition coefficient (Wildman–Crippen LogP) is 3.44. The Kier molecular flexibility index (Phi) is 5.80. The maximum absolute atomic E-state index is 13.5. The molecule has 1 aromatic carbocycles. The zero-order chi connectivity index (χ0) is 14.4. The summed E-state index contributed by atoms with van der Waals surface area (Å²) in [5.41, 5.74) is 1.07. The van der Waals surface area contributed by atoms with Gasteiger partial charge in [-0.1, -0.05) is 13.0 Å². The molecule has 3 nitrogen and oxygen atoms in total. The highest BCUT2D eigenvalue weighted by atomic mass is 19.1. The SMILES string of the molecule is CCNC(CCC1CCCO1)c1ccc(F)c(OC)c1. The average Bonchev–Trinajstić information content (AvgIpc) is 2.97. The van der Waals surface area contributed by atoms with E-state index in [1.54, 1.807) is 6.07 Å². The predicted molar refractivity (Wildman–Crippen MR) is 77.6 cm³/mol. The Morgan fingerprint density at radius 3 is 3.00 bits per heavy atom. The highest BCUT2D eigenvalue weighted by molar-refractivity contribution is 5.32. The number of benzene rings is 1. The fraction of sp³-hybridized carbons (Fsp3) is 0.625. The lowest BCUT2D eigenvalue weighted by Gasteiger charge is -2.20. The van der Waals surface area contributed by atoms with Gasteiger partial charge in [0.1, 0.15) is 0 Å². The summed E-state index contributed by atoms with van der Waals surface area (Å²) >= 11 is 0. The van der Waals surface area contributed by atoms with Gasteiger partial charge >= 0.3 is 0 Å². The van der Waals surface area contributed by atoms with Crippen molar-refractivity contribution in [2.45, 2.75) is 44.8 Å². The van der Waals surface area contributed by atoms with Crippen LogP contribution in [0.5, 0.6) is 5.75 Å². The second kappa shape index (κ2) is 7.60. The van der Waals surface area contributed by atoms with E-state index in [0.717, 1.165) is 38.0 Å². The molecule has 2 unspecified atom stereocenters. The third-order valence-electron chi connectivity index (χ3n) is 3.83. The van der Waals surface area contributed by atoms with Crippen molar-refractivity contribution < 1.29 is 13.9 Å². The third-order valence-corrected chi connectivity index (χ3v) is 3.83. The largest absolute Gasteiger partial charge is 0.494 e. The van der Waals surface area contributed by atoms with Crippen molar-refractivity contribution in [1.82, 2.24) is 5.32 Å². The molecule has 1 saturated heterocycles. The zero-order valence-corrected chi connectivity index (χ0v) is 12.3. The van der Waals surface area contributed by atoms with E-state index in [1.807, 2.05) is 6.07 Å². The van der Waals surface area contributed by atoms with Crippen LogP contribution in [0.25, 0.3) is 0 Å². The van der Waals surface area contributed by atoms with E-state index in [1.165, 1.54) is 19.6 Å². The zero-order valence-electron chi connectivity index (χ0n) is 12.3. The van der Waals surface area contributed by atoms with Gasteiger partial charge < -0.3 is 14.8 Å². The minimum Gasteiger partial charge on any atom is -0.494 e. The Morgan fingerprint density at radius 2 is 2.35 bits per heavy atom. The molecule has 0 aromatic heterocycles. The normalized spacial score (nSPS) is 20.1. The van der Waals surface area contributed by atoms with E-state index < -0.39 is 0 Å². The van der Waals surface area contributed by atoms with Crippen LogP contribution in [0.2, 0.25) is 0 Å². The molecule has 1 heterocycles. The third kappa shape index (κ3) is 3.93. The van der Waals surface area contributed by atoms with E-state index >= 15 is 0 Å². The van der Waals surface area contributed by atoms with E-state index in [-0.39, 0.29) is 11.9 Å². The minimum atomic E-state index is -0.314. The molecule has 1 fully saturated rings. The standard InChI is InChI=1S/C16H24FNO2/c1-3-18-15(9-7-13-5-4-10-20-13)12-6-8-14(17)16(11-12)19-2/h6,8,11,13,15,18H,3-5,7,9-10H2,1-2H3. The first-order chi connectivity index (χ1) is 9.74. The number of hydrogen-bond acceptors (Lipinski definition) is 3. The molecular weight excluding hydrogens is 257 g/mol. The molecule has 2 atom stereocenters. The van der Waals surface area contributed by atoms with Crippen molar-refractivity contribution in [2.24, 2.45) is 0 Å². The molecule has 0 radical (unpaired) electrons. The van der Waals surface area contributed by atoms with Gasteiger partial charge in [0.2, 0.25) is 0 Å². The summed E-state index contributed by atoms with van der Waals surface area (Å²) in [6.07, 6.45) is 4.75. The van der Waals surface area contributed by atoms with Crippen molar-refractivity contribution in [1.29, 1.82) is 0 Å². The van der Waals surface area contributed by atoms with Crippen molar-refractivity contribution in [3.63, 3.8) is 0 Å². The van der Waals surface area contributed by atoms with E-state index in [9.17, 15) is 4.39 Å². The fourth-order valence-electron chi connectivity index (χ4n) is 2.75. The van der Waals surface area contributed by atoms with Crippen molar-refractivity contribution in [3.05, 3.63) is 29.6 Å². The van der Waals surface area contributed by atoms with Crippen LogP contribution in [0.15, 0.2) is 18.2 Å². The van der Waals surface area contributed by atoms with Crippen LogP contribution in [-0.2, 0) is 4.74 Å². The monoisotopic (exact) mass is 281 g/mol. The van der Waals surface area contributed by atoms with E-state index in [2.05, 4.69) is 12.2 Å². The van der Waals surface area contributed by atoms with Crippen LogP contribution < -0.4 is 10.1 Å². The van der Waals surface area contributed by atoms with Crippen molar-refractivity contribution in [3.8, 4) is 5.75 Å². The molecular formula is C16H24FNO2. The Morgan fingerprint density at radius 1 is 1.50 bits per heavy atom. The van der Waals surface area contributed by atoms with Gasteiger partial charge in [-0.25, -0.2) is 4.39 Å². The molecule has 1 aromatic rings. The molecule has 0 spiro atoms. The second-order valence-corrected chi connectivity index (χ2v) is 5.22. The number of nitrogens with one attached hydrogen (secondary N) is 1. The maximum Gasteiger partial charge on any atom is 0.165 e. The Labute approximate surface area is 120 Å². The Balaban J connectivity index is 2.02. The fourth-order valence-corrected chi connectivity index (χ4v) is 2.75. The summed E-state index contributed by atoms with van der Waals surface area (Å²) in [6, 6.07) is 5.32. The quantitative estimate of drug-likeness (QED) is 0.830. The molecule has 4 heteroatoms. The number of rotatable bonds is 7. The van der Waals surface area contributed by atoms with Gasteiger partial charge in [-0.05, 0) is 49.9 Å². The van der Waals surface area contributed by atoms with Crippen LogP contribution >= 0.6 is 0 Å². The van der Waals surface area contributed by atoms with Gasteiger partial charge in [-0.2, -0.15) is 0 Å². The molecule has 1 aliphatic heterocycles. The highest BCUT2D eigenvalue weighted by Gasteiger charge is 2.19. The topological polar surface area (TPSA) is 30.5 Å². The summed E-state index contributed by atoms with van der Waals surface area (Å²) in [5.74, 6) is -0.00635. The lowest BCUT2D eigenvalue weighted by atomic mass is 9.99. The summed E-state index contributed by atoms with van der Waals surface area (Å²) in [5, 5.41) is 3.46. The van der Waals surface area contributed by atoms with Crippen molar-refractivity contribution >= 4 is 0 Å². The molecule has 0 aliphatic carbocycles. The van der Waals surface area contributed by atoms with Crippen molar-refractivity contribution in [2.75, 3.05) is 20.3 Å². The van der Waals surface area contributed by atoms with Gasteiger partial charge in [0.05, 0.1) is 13.2 Å². The lowest BCUT2D eigenvalue weighted by molar-refractivity contribution is 0.0996. The molecule has 0 saturated carbocycles. The molecule has 1 aliphatic rings.